The van der Waals surface area contributed by atoms with Gasteiger partial charge in [0.1, 0.15) is 0 Å². The number of primary amides is 1. The molecule has 4 nitrogen and oxygen atoms in total. The van der Waals surface area contributed by atoms with E-state index in [4.69, 9.17) is 5.73 Å². The van der Waals surface area contributed by atoms with E-state index in [-0.39, 0.29) is 5.91 Å². The molecule has 19 heavy (non-hydrogen) atoms. The second-order valence-electron chi connectivity index (χ2n) is 5.64. The van der Waals surface area contributed by atoms with Crippen molar-refractivity contribution in [1.29, 1.82) is 0 Å². The van der Waals surface area contributed by atoms with E-state index in [1.807, 2.05) is 12.1 Å². The highest BCUT2D eigenvalue weighted by Gasteiger charge is 2.31. The molecular weight excluding hydrogens is 238 g/mol. The molecule has 2 aliphatic rings. The average Bonchev–Trinajstić information content (AvgIpc) is 2.87. The summed E-state index contributed by atoms with van der Waals surface area (Å²) in [5.41, 5.74) is 6.89. The van der Waals surface area contributed by atoms with Crippen LogP contribution in [-0.2, 0) is 0 Å². The van der Waals surface area contributed by atoms with Crippen LogP contribution in [0, 0.1) is 0 Å². The van der Waals surface area contributed by atoms with Gasteiger partial charge in [0.15, 0.2) is 0 Å². The van der Waals surface area contributed by atoms with Gasteiger partial charge in [-0.05, 0) is 56.5 Å². The third-order valence-electron chi connectivity index (χ3n) is 4.36. The van der Waals surface area contributed by atoms with Gasteiger partial charge in [0.05, 0.1) is 0 Å². The van der Waals surface area contributed by atoms with Crippen LogP contribution >= 0.6 is 0 Å². The molecule has 3 rings (SSSR count). The lowest BCUT2D eigenvalue weighted by Gasteiger charge is -2.35. The zero-order chi connectivity index (χ0) is 13.2. The lowest BCUT2D eigenvalue weighted by molar-refractivity contribution is 0.100. The number of piperidine rings is 1. The molecular formula is C15H21N3O. The summed E-state index contributed by atoms with van der Waals surface area (Å²) in [6.07, 6.45) is 5.13. The summed E-state index contributed by atoms with van der Waals surface area (Å²) in [7, 11) is 0. The topological polar surface area (TPSA) is 58.4 Å². The summed E-state index contributed by atoms with van der Waals surface area (Å²) in [6, 6.07) is 8.79. The molecule has 2 aliphatic heterocycles. The van der Waals surface area contributed by atoms with Crippen molar-refractivity contribution in [1.82, 2.24) is 4.90 Å². The fourth-order valence-corrected chi connectivity index (χ4v) is 3.32. The second-order valence-corrected chi connectivity index (χ2v) is 5.64. The standard InChI is InChI=1S/C15H21N3O/c16-15(19)11-3-5-12(6-4-11)17-13-7-9-18-8-1-2-14(18)10-13/h3-6,13-14,17H,1-2,7-10H2,(H2,16,19). The van der Waals surface area contributed by atoms with Crippen molar-refractivity contribution in [2.24, 2.45) is 5.73 Å². The SMILES string of the molecule is NC(=O)c1ccc(NC2CCN3CCCC3C2)cc1. The molecule has 0 saturated carbocycles. The molecule has 1 aromatic carbocycles. The Morgan fingerprint density at radius 1 is 1.21 bits per heavy atom. The molecule has 0 spiro atoms. The number of amides is 1. The van der Waals surface area contributed by atoms with E-state index in [1.165, 1.54) is 38.8 Å². The Kier molecular flexibility index (Phi) is 3.42. The summed E-state index contributed by atoms with van der Waals surface area (Å²) in [5.74, 6) is -0.370. The molecule has 4 heteroatoms. The van der Waals surface area contributed by atoms with Crippen LogP contribution in [0.15, 0.2) is 24.3 Å². The number of rotatable bonds is 3. The fraction of sp³-hybridized carbons (Fsp3) is 0.533. The van der Waals surface area contributed by atoms with Crippen molar-refractivity contribution in [3.8, 4) is 0 Å². The van der Waals surface area contributed by atoms with Gasteiger partial charge in [-0.1, -0.05) is 0 Å². The molecule has 1 aromatic rings. The Labute approximate surface area is 114 Å². The minimum absolute atomic E-state index is 0.370. The van der Waals surface area contributed by atoms with E-state index in [1.54, 1.807) is 12.1 Å². The van der Waals surface area contributed by atoms with Gasteiger partial charge in [0, 0.05) is 29.9 Å². The summed E-state index contributed by atoms with van der Waals surface area (Å²) in [6.45, 7) is 2.49. The summed E-state index contributed by atoms with van der Waals surface area (Å²) < 4.78 is 0. The molecule has 2 fully saturated rings. The Bertz CT molecular complexity index is 457. The van der Waals surface area contributed by atoms with Gasteiger partial charge in [-0.2, -0.15) is 0 Å². The van der Waals surface area contributed by atoms with Crippen LogP contribution in [0.1, 0.15) is 36.0 Å². The quantitative estimate of drug-likeness (QED) is 0.870. The Hall–Kier alpha value is -1.55. The molecule has 2 heterocycles. The zero-order valence-electron chi connectivity index (χ0n) is 11.1. The number of hydrogen-bond donors (Lipinski definition) is 2. The number of anilines is 1. The van der Waals surface area contributed by atoms with Gasteiger partial charge < -0.3 is 16.0 Å². The smallest absolute Gasteiger partial charge is 0.248 e. The van der Waals surface area contributed by atoms with Crippen molar-refractivity contribution < 1.29 is 4.79 Å². The number of nitrogens with zero attached hydrogens (tertiary/aromatic N) is 1. The number of hydrogen-bond acceptors (Lipinski definition) is 3. The van der Waals surface area contributed by atoms with E-state index < -0.39 is 0 Å². The van der Waals surface area contributed by atoms with Crippen LogP contribution in [0.25, 0.3) is 0 Å². The first-order chi connectivity index (χ1) is 9.22. The number of benzene rings is 1. The maximum atomic E-state index is 11.0. The Morgan fingerprint density at radius 3 is 2.74 bits per heavy atom. The first kappa shape index (κ1) is 12.5. The van der Waals surface area contributed by atoms with Crippen molar-refractivity contribution >= 4 is 11.6 Å². The van der Waals surface area contributed by atoms with E-state index in [0.717, 1.165) is 11.7 Å². The number of nitrogens with one attached hydrogen (secondary N) is 1. The molecule has 0 radical (unpaired) electrons. The molecule has 2 atom stereocenters. The van der Waals surface area contributed by atoms with Crippen molar-refractivity contribution in [2.45, 2.75) is 37.8 Å². The van der Waals surface area contributed by atoms with Gasteiger partial charge in [-0.3, -0.25) is 4.79 Å². The minimum atomic E-state index is -0.370. The number of carbonyl (C=O) groups is 1. The minimum Gasteiger partial charge on any atom is -0.382 e. The van der Waals surface area contributed by atoms with Crippen molar-refractivity contribution in [3.05, 3.63) is 29.8 Å². The lowest BCUT2D eigenvalue weighted by atomic mass is 9.97. The largest absolute Gasteiger partial charge is 0.382 e. The number of nitrogens with two attached hydrogens (primary N) is 1. The van der Waals surface area contributed by atoms with E-state index in [2.05, 4.69) is 10.2 Å². The molecule has 2 saturated heterocycles. The maximum absolute atomic E-state index is 11.0. The fourth-order valence-electron chi connectivity index (χ4n) is 3.32. The monoisotopic (exact) mass is 259 g/mol. The lowest BCUT2D eigenvalue weighted by Crippen LogP contribution is -2.42. The first-order valence-corrected chi connectivity index (χ1v) is 7.13. The molecule has 3 N–H and O–H groups in total. The average molecular weight is 259 g/mol. The molecule has 0 bridgehead atoms. The van der Waals surface area contributed by atoms with E-state index in [9.17, 15) is 4.79 Å². The second kappa shape index (κ2) is 5.21. The van der Waals surface area contributed by atoms with Gasteiger partial charge in [0.25, 0.3) is 0 Å². The third kappa shape index (κ3) is 2.73. The van der Waals surface area contributed by atoms with Crippen LogP contribution in [0.5, 0.6) is 0 Å². The van der Waals surface area contributed by atoms with Crippen LogP contribution in [0.2, 0.25) is 0 Å². The summed E-state index contributed by atoms with van der Waals surface area (Å²) in [5, 5.41) is 3.58. The Morgan fingerprint density at radius 2 is 2.00 bits per heavy atom. The van der Waals surface area contributed by atoms with Crippen molar-refractivity contribution in [3.63, 3.8) is 0 Å². The summed E-state index contributed by atoms with van der Waals surface area (Å²) >= 11 is 0. The molecule has 102 valence electrons. The number of fused-ring (bicyclic) bond motifs is 1. The van der Waals surface area contributed by atoms with Gasteiger partial charge in [0.2, 0.25) is 5.91 Å². The highest BCUT2D eigenvalue weighted by Crippen LogP contribution is 2.28. The molecule has 1 amide bonds. The predicted octanol–water partition coefficient (Wildman–Crippen LogP) is 1.82. The maximum Gasteiger partial charge on any atom is 0.248 e. The zero-order valence-corrected chi connectivity index (χ0v) is 11.1. The first-order valence-electron chi connectivity index (χ1n) is 7.13. The molecule has 2 unspecified atom stereocenters. The normalized spacial score (nSPS) is 26.9. The van der Waals surface area contributed by atoms with E-state index in [0.29, 0.717) is 11.6 Å². The van der Waals surface area contributed by atoms with Crippen LogP contribution in [0.4, 0.5) is 5.69 Å². The van der Waals surface area contributed by atoms with E-state index >= 15 is 0 Å². The van der Waals surface area contributed by atoms with Gasteiger partial charge >= 0.3 is 0 Å². The highest BCUT2D eigenvalue weighted by molar-refractivity contribution is 5.93. The highest BCUT2D eigenvalue weighted by atomic mass is 16.1. The van der Waals surface area contributed by atoms with Crippen LogP contribution < -0.4 is 11.1 Å². The Balaban J connectivity index is 1.60. The molecule has 0 aromatic heterocycles. The summed E-state index contributed by atoms with van der Waals surface area (Å²) in [4.78, 5) is 13.6. The third-order valence-corrected chi connectivity index (χ3v) is 4.36. The predicted molar refractivity (Wildman–Crippen MR) is 76.2 cm³/mol. The van der Waals surface area contributed by atoms with Crippen molar-refractivity contribution in [2.75, 3.05) is 18.4 Å². The van der Waals surface area contributed by atoms with Crippen LogP contribution in [-0.4, -0.2) is 36.0 Å². The van der Waals surface area contributed by atoms with Crippen LogP contribution in [0.3, 0.4) is 0 Å². The van der Waals surface area contributed by atoms with Gasteiger partial charge in [-0.25, -0.2) is 0 Å². The van der Waals surface area contributed by atoms with Gasteiger partial charge in [-0.15, -0.1) is 0 Å². The number of carbonyl (C=O) groups excluding carboxylic acids is 1. The molecule has 0 aliphatic carbocycles.